The lowest BCUT2D eigenvalue weighted by Gasteiger charge is -2.28. The zero-order chi connectivity index (χ0) is 13.2. The Bertz CT molecular complexity index is 597. The molecule has 2 aromatic rings. The quantitative estimate of drug-likeness (QED) is 0.867. The van der Waals surface area contributed by atoms with Gasteiger partial charge in [0, 0.05) is 22.1 Å². The summed E-state index contributed by atoms with van der Waals surface area (Å²) in [4.78, 5) is 0. The van der Waals surface area contributed by atoms with Gasteiger partial charge in [0.05, 0.1) is 12.6 Å². The van der Waals surface area contributed by atoms with Crippen LogP contribution in [0.15, 0.2) is 46.9 Å². The summed E-state index contributed by atoms with van der Waals surface area (Å²) < 4.78 is 6.79. The molecule has 1 atom stereocenters. The maximum atomic E-state index is 5.69. The minimum Gasteiger partial charge on any atom is -0.493 e. The van der Waals surface area contributed by atoms with Crippen molar-refractivity contribution < 1.29 is 4.74 Å². The molecule has 0 spiro atoms. The molecule has 0 bridgehead atoms. The minimum atomic E-state index is 0.308. The van der Waals surface area contributed by atoms with Crippen molar-refractivity contribution in [1.29, 1.82) is 0 Å². The van der Waals surface area contributed by atoms with Crippen molar-refractivity contribution in [2.45, 2.75) is 19.4 Å². The van der Waals surface area contributed by atoms with Gasteiger partial charge in [-0.2, -0.15) is 0 Å². The fourth-order valence-corrected chi connectivity index (χ4v) is 2.79. The first-order chi connectivity index (χ1) is 9.24. The molecular weight excluding hydrogens is 302 g/mol. The van der Waals surface area contributed by atoms with Crippen molar-refractivity contribution >= 4 is 21.6 Å². The van der Waals surface area contributed by atoms with E-state index in [0.717, 1.165) is 28.9 Å². The van der Waals surface area contributed by atoms with Gasteiger partial charge >= 0.3 is 0 Å². The molecule has 1 unspecified atom stereocenters. The van der Waals surface area contributed by atoms with E-state index in [1.54, 1.807) is 0 Å². The molecule has 0 aliphatic carbocycles. The Morgan fingerprint density at radius 2 is 2.05 bits per heavy atom. The average Bonchev–Trinajstić information content (AvgIpc) is 2.43. The number of rotatable bonds is 2. The second kappa shape index (κ2) is 5.25. The summed E-state index contributed by atoms with van der Waals surface area (Å²) in [5.41, 5.74) is 3.63. The van der Waals surface area contributed by atoms with Gasteiger partial charge in [-0.3, -0.25) is 0 Å². The summed E-state index contributed by atoms with van der Waals surface area (Å²) in [6.45, 7) is 2.87. The van der Waals surface area contributed by atoms with Crippen LogP contribution in [0, 0.1) is 6.92 Å². The van der Waals surface area contributed by atoms with Gasteiger partial charge < -0.3 is 10.1 Å². The monoisotopic (exact) mass is 317 g/mol. The van der Waals surface area contributed by atoms with Crippen molar-refractivity contribution in [1.82, 2.24) is 0 Å². The molecule has 0 saturated carbocycles. The van der Waals surface area contributed by atoms with Crippen LogP contribution in [0.2, 0.25) is 0 Å². The summed E-state index contributed by atoms with van der Waals surface area (Å²) in [5.74, 6) is 0.995. The number of para-hydroxylation sites is 1. The zero-order valence-electron chi connectivity index (χ0n) is 10.8. The highest BCUT2D eigenvalue weighted by molar-refractivity contribution is 9.10. The lowest BCUT2D eigenvalue weighted by Crippen LogP contribution is -2.20. The molecule has 1 aliphatic rings. The van der Waals surface area contributed by atoms with Crippen molar-refractivity contribution in [3.05, 3.63) is 58.1 Å². The number of aryl methyl sites for hydroxylation is 1. The number of hydrogen-bond donors (Lipinski definition) is 1. The molecule has 1 aliphatic heterocycles. The van der Waals surface area contributed by atoms with Gasteiger partial charge in [-0.15, -0.1) is 0 Å². The molecule has 0 radical (unpaired) electrons. The van der Waals surface area contributed by atoms with Crippen LogP contribution < -0.4 is 10.1 Å². The lowest BCUT2D eigenvalue weighted by atomic mass is 10.00. The Morgan fingerprint density at radius 3 is 2.95 bits per heavy atom. The summed E-state index contributed by atoms with van der Waals surface area (Å²) >= 11 is 3.60. The van der Waals surface area contributed by atoms with Crippen LogP contribution in [0.1, 0.15) is 23.6 Å². The fraction of sp³-hybridized carbons (Fsp3) is 0.250. The molecule has 0 fully saturated rings. The molecule has 1 N–H and O–H groups in total. The van der Waals surface area contributed by atoms with Crippen molar-refractivity contribution in [2.24, 2.45) is 0 Å². The Balaban J connectivity index is 1.90. The number of fused-ring (bicyclic) bond motifs is 1. The summed E-state index contributed by atoms with van der Waals surface area (Å²) in [6, 6.07) is 14.9. The number of ether oxygens (including phenoxy) is 1. The molecular formula is C16H16BrNO. The van der Waals surface area contributed by atoms with E-state index in [-0.39, 0.29) is 0 Å². The number of anilines is 1. The van der Waals surface area contributed by atoms with Gasteiger partial charge in [-0.05, 0) is 46.6 Å². The van der Waals surface area contributed by atoms with Crippen LogP contribution in [-0.4, -0.2) is 6.61 Å². The van der Waals surface area contributed by atoms with Crippen molar-refractivity contribution in [3.8, 4) is 5.75 Å². The van der Waals surface area contributed by atoms with Gasteiger partial charge in [0.1, 0.15) is 5.75 Å². The molecule has 3 heteroatoms. The third-order valence-corrected chi connectivity index (χ3v) is 4.10. The highest BCUT2D eigenvalue weighted by Gasteiger charge is 2.21. The van der Waals surface area contributed by atoms with Crippen LogP contribution in [0.3, 0.4) is 0 Å². The molecule has 98 valence electrons. The predicted molar refractivity (Wildman–Crippen MR) is 81.8 cm³/mol. The van der Waals surface area contributed by atoms with E-state index >= 15 is 0 Å². The van der Waals surface area contributed by atoms with E-state index < -0.39 is 0 Å². The van der Waals surface area contributed by atoms with Crippen LogP contribution >= 0.6 is 15.9 Å². The molecule has 2 aromatic carbocycles. The predicted octanol–water partition coefficient (Wildman–Crippen LogP) is 4.69. The second-order valence-corrected chi connectivity index (χ2v) is 5.71. The Kier molecular flexibility index (Phi) is 3.47. The van der Waals surface area contributed by atoms with Crippen LogP contribution in [0.4, 0.5) is 5.69 Å². The molecule has 1 heterocycles. The first kappa shape index (κ1) is 12.5. The van der Waals surface area contributed by atoms with Gasteiger partial charge in [-0.25, -0.2) is 0 Å². The maximum Gasteiger partial charge on any atom is 0.124 e. The van der Waals surface area contributed by atoms with Gasteiger partial charge in [-0.1, -0.05) is 24.3 Å². The Labute approximate surface area is 121 Å². The van der Waals surface area contributed by atoms with Crippen LogP contribution in [-0.2, 0) is 0 Å². The number of halogens is 1. The molecule has 2 nitrogen and oxygen atoms in total. The van der Waals surface area contributed by atoms with Crippen LogP contribution in [0.5, 0.6) is 5.75 Å². The largest absolute Gasteiger partial charge is 0.493 e. The fourth-order valence-electron chi connectivity index (χ4n) is 2.43. The molecule has 0 amide bonds. The summed E-state index contributed by atoms with van der Waals surface area (Å²) in [7, 11) is 0. The smallest absolute Gasteiger partial charge is 0.124 e. The van der Waals surface area contributed by atoms with E-state index in [1.165, 1.54) is 11.1 Å². The third-order valence-electron chi connectivity index (χ3n) is 3.41. The van der Waals surface area contributed by atoms with E-state index in [0.29, 0.717) is 6.04 Å². The highest BCUT2D eigenvalue weighted by Crippen LogP contribution is 2.35. The Morgan fingerprint density at radius 1 is 1.21 bits per heavy atom. The van der Waals surface area contributed by atoms with E-state index in [4.69, 9.17) is 4.74 Å². The topological polar surface area (TPSA) is 21.3 Å². The summed E-state index contributed by atoms with van der Waals surface area (Å²) in [5, 5.41) is 3.62. The molecule has 0 aromatic heterocycles. The zero-order valence-corrected chi connectivity index (χ0v) is 12.4. The normalized spacial score (nSPS) is 17.5. The van der Waals surface area contributed by atoms with Crippen molar-refractivity contribution in [2.75, 3.05) is 11.9 Å². The van der Waals surface area contributed by atoms with E-state index in [9.17, 15) is 0 Å². The minimum absolute atomic E-state index is 0.308. The van der Waals surface area contributed by atoms with Crippen LogP contribution in [0.25, 0.3) is 0 Å². The van der Waals surface area contributed by atoms with Gasteiger partial charge in [0.25, 0.3) is 0 Å². The second-order valence-electron chi connectivity index (χ2n) is 4.86. The molecule has 19 heavy (non-hydrogen) atoms. The number of hydrogen-bond acceptors (Lipinski definition) is 2. The average molecular weight is 318 g/mol. The first-order valence-electron chi connectivity index (χ1n) is 6.48. The van der Waals surface area contributed by atoms with E-state index in [1.807, 2.05) is 12.1 Å². The molecule has 3 rings (SSSR count). The Hall–Kier alpha value is -1.48. The van der Waals surface area contributed by atoms with Gasteiger partial charge in [0.2, 0.25) is 0 Å². The lowest BCUT2D eigenvalue weighted by molar-refractivity contribution is 0.274. The SMILES string of the molecule is Cc1ccc(Br)c(NC2CCOc3ccccc32)c1. The van der Waals surface area contributed by atoms with E-state index in [2.05, 4.69) is 58.5 Å². The maximum absolute atomic E-state index is 5.69. The highest BCUT2D eigenvalue weighted by atomic mass is 79.9. The number of nitrogens with one attached hydrogen (secondary N) is 1. The van der Waals surface area contributed by atoms with Gasteiger partial charge in [0.15, 0.2) is 0 Å². The van der Waals surface area contributed by atoms with Crippen molar-refractivity contribution in [3.63, 3.8) is 0 Å². The molecule has 0 saturated heterocycles. The standard InChI is InChI=1S/C16H16BrNO/c1-11-6-7-13(17)15(10-11)18-14-8-9-19-16-5-3-2-4-12(14)16/h2-7,10,14,18H,8-9H2,1H3. The first-order valence-corrected chi connectivity index (χ1v) is 7.28. The third kappa shape index (κ3) is 2.61. The summed E-state index contributed by atoms with van der Waals surface area (Å²) in [6.07, 6.45) is 0.984. The number of benzene rings is 2.